The average Bonchev–Trinajstić information content (AvgIpc) is 1.59. The van der Waals surface area contributed by atoms with Crippen LogP contribution in [0.2, 0.25) is 0 Å². The van der Waals surface area contributed by atoms with E-state index in [1.165, 1.54) is 6.08 Å². The van der Waals surface area contributed by atoms with E-state index in [-0.39, 0.29) is 6.16 Å². The lowest BCUT2D eigenvalue weighted by atomic mass is 10.5. The van der Waals surface area contributed by atoms with E-state index in [0.717, 1.165) is 0 Å². The Hall–Kier alpha value is -0.110. The van der Waals surface area contributed by atoms with Crippen LogP contribution in [0.5, 0.6) is 0 Å². The van der Waals surface area contributed by atoms with Gasteiger partial charge < -0.3 is 9.79 Å². The van der Waals surface area contributed by atoms with Crippen molar-refractivity contribution >= 4 is 7.60 Å². The molecule has 0 aromatic heterocycles. The first-order chi connectivity index (χ1) is 3.56. The molecule has 0 aliphatic carbocycles. The highest BCUT2D eigenvalue weighted by atomic mass is 31.2. The molecule has 0 radical (unpaired) electrons. The quantitative estimate of drug-likeness (QED) is 0.444. The molecule has 2 N–H and O–H groups in total. The zero-order valence-corrected chi connectivity index (χ0v) is 5.34. The highest BCUT2D eigenvalue weighted by molar-refractivity contribution is 7.51. The topological polar surface area (TPSA) is 57.5 Å². The van der Waals surface area contributed by atoms with Crippen molar-refractivity contribution in [2.45, 2.75) is 6.42 Å². The zero-order valence-electron chi connectivity index (χ0n) is 4.45. The minimum absolute atomic E-state index is 0.0868. The smallest absolute Gasteiger partial charge is 0.324 e. The van der Waals surface area contributed by atoms with E-state index >= 15 is 0 Å². The summed E-state index contributed by atoms with van der Waals surface area (Å²) in [5.41, 5.74) is 0. The van der Waals surface area contributed by atoms with Crippen molar-refractivity contribution in [2.75, 3.05) is 6.16 Å². The highest BCUT2D eigenvalue weighted by Crippen LogP contribution is 2.34. The average molecular weight is 136 g/mol. The molecule has 0 saturated heterocycles. The standard InChI is InChI=1S/C4H9O3P/c1-2-3-4-8(5,6)7/h2H,1,3-4H2,(H2,5,6,7). The number of rotatable bonds is 3. The molecule has 48 valence electrons. The molecule has 0 rings (SSSR count). The van der Waals surface area contributed by atoms with Crippen LogP contribution in [0.15, 0.2) is 12.7 Å². The summed E-state index contributed by atoms with van der Waals surface area (Å²) in [7, 11) is -3.75. The van der Waals surface area contributed by atoms with E-state index in [1.54, 1.807) is 0 Å². The normalized spacial score (nSPS) is 11.2. The molecule has 0 aliphatic heterocycles. The Kier molecular flexibility index (Phi) is 2.98. The van der Waals surface area contributed by atoms with Crippen molar-refractivity contribution in [3.8, 4) is 0 Å². The lowest BCUT2D eigenvalue weighted by Crippen LogP contribution is -1.83. The Labute approximate surface area is 48.2 Å². The van der Waals surface area contributed by atoms with Gasteiger partial charge in [0, 0.05) is 0 Å². The molecule has 0 unspecified atom stereocenters. The van der Waals surface area contributed by atoms with Crippen LogP contribution in [-0.4, -0.2) is 15.9 Å². The molecular weight excluding hydrogens is 127 g/mol. The summed E-state index contributed by atoms with van der Waals surface area (Å²) in [6.45, 7) is 3.32. The monoisotopic (exact) mass is 136 g/mol. The maximum absolute atomic E-state index is 10.0. The van der Waals surface area contributed by atoms with Crippen molar-refractivity contribution in [2.24, 2.45) is 0 Å². The van der Waals surface area contributed by atoms with Gasteiger partial charge in [-0.3, -0.25) is 4.57 Å². The van der Waals surface area contributed by atoms with Gasteiger partial charge in [-0.1, -0.05) is 6.08 Å². The Balaban J connectivity index is 3.40. The van der Waals surface area contributed by atoms with Gasteiger partial charge >= 0.3 is 7.60 Å². The molecule has 0 aliphatic rings. The van der Waals surface area contributed by atoms with E-state index in [2.05, 4.69) is 6.58 Å². The van der Waals surface area contributed by atoms with Crippen LogP contribution in [0, 0.1) is 0 Å². The minimum atomic E-state index is -3.75. The second-order valence-electron chi connectivity index (χ2n) is 1.47. The molecule has 4 heteroatoms. The number of allylic oxidation sites excluding steroid dienone is 1. The summed E-state index contributed by atoms with van der Waals surface area (Å²) in [5, 5.41) is 0. The third-order valence-corrected chi connectivity index (χ3v) is 1.47. The Morgan fingerprint density at radius 3 is 2.25 bits per heavy atom. The molecule has 3 nitrogen and oxygen atoms in total. The fraction of sp³-hybridized carbons (Fsp3) is 0.500. The molecule has 0 heterocycles. The van der Waals surface area contributed by atoms with Crippen LogP contribution in [0.25, 0.3) is 0 Å². The second-order valence-corrected chi connectivity index (χ2v) is 3.24. The van der Waals surface area contributed by atoms with Crippen LogP contribution in [0.3, 0.4) is 0 Å². The fourth-order valence-electron chi connectivity index (χ4n) is 0.259. The van der Waals surface area contributed by atoms with Crippen LogP contribution < -0.4 is 0 Å². The van der Waals surface area contributed by atoms with Crippen molar-refractivity contribution in [1.29, 1.82) is 0 Å². The molecule has 0 saturated carbocycles. The molecule has 8 heavy (non-hydrogen) atoms. The largest absolute Gasteiger partial charge is 0.325 e. The Bertz CT molecular complexity index is 114. The van der Waals surface area contributed by atoms with Gasteiger partial charge in [-0.25, -0.2) is 0 Å². The fourth-order valence-corrected chi connectivity index (χ4v) is 0.778. The molecule has 0 fully saturated rings. The van der Waals surface area contributed by atoms with Gasteiger partial charge in [0.1, 0.15) is 0 Å². The maximum Gasteiger partial charge on any atom is 0.325 e. The number of hydrogen-bond donors (Lipinski definition) is 2. The molecule has 0 aromatic rings. The maximum atomic E-state index is 10.0. The van der Waals surface area contributed by atoms with Crippen molar-refractivity contribution in [1.82, 2.24) is 0 Å². The Morgan fingerprint density at radius 1 is 1.62 bits per heavy atom. The Morgan fingerprint density at radius 2 is 2.12 bits per heavy atom. The van der Waals surface area contributed by atoms with Crippen LogP contribution in [-0.2, 0) is 4.57 Å². The first-order valence-corrected chi connectivity index (χ1v) is 4.01. The van der Waals surface area contributed by atoms with Gasteiger partial charge in [-0.05, 0) is 6.42 Å². The third-order valence-electron chi connectivity index (χ3n) is 0.625. The van der Waals surface area contributed by atoms with Gasteiger partial charge in [0.25, 0.3) is 0 Å². The third kappa shape index (κ3) is 5.89. The first-order valence-electron chi connectivity index (χ1n) is 2.22. The summed E-state index contributed by atoms with van der Waals surface area (Å²) < 4.78 is 10.0. The molecular formula is C4H9O3P. The van der Waals surface area contributed by atoms with Crippen molar-refractivity contribution in [3.05, 3.63) is 12.7 Å². The summed E-state index contributed by atoms with van der Waals surface area (Å²) in [4.78, 5) is 16.4. The van der Waals surface area contributed by atoms with Gasteiger partial charge in [0.05, 0.1) is 6.16 Å². The van der Waals surface area contributed by atoms with Crippen LogP contribution in [0.4, 0.5) is 0 Å². The SMILES string of the molecule is C=CCCP(=O)(O)O. The molecule has 0 aromatic carbocycles. The van der Waals surface area contributed by atoms with E-state index in [0.29, 0.717) is 6.42 Å². The molecule has 0 spiro atoms. The summed E-state index contributed by atoms with van der Waals surface area (Å²) in [6.07, 6.45) is 1.78. The predicted octanol–water partition coefficient (Wildman–Crippen LogP) is 0.740. The predicted molar refractivity (Wildman–Crippen MR) is 31.7 cm³/mol. The molecule has 0 atom stereocenters. The lowest BCUT2D eigenvalue weighted by molar-refractivity contribution is 0.373. The van der Waals surface area contributed by atoms with Gasteiger partial charge in [0.15, 0.2) is 0 Å². The van der Waals surface area contributed by atoms with Gasteiger partial charge in [0.2, 0.25) is 0 Å². The summed E-state index contributed by atoms with van der Waals surface area (Å²) in [5.74, 6) is 0. The lowest BCUT2D eigenvalue weighted by Gasteiger charge is -1.97. The molecule has 0 amide bonds. The van der Waals surface area contributed by atoms with Crippen LogP contribution in [0.1, 0.15) is 6.42 Å². The highest BCUT2D eigenvalue weighted by Gasteiger charge is 2.09. The van der Waals surface area contributed by atoms with E-state index in [1.807, 2.05) is 0 Å². The van der Waals surface area contributed by atoms with Crippen LogP contribution >= 0.6 is 7.60 Å². The number of hydrogen-bond acceptors (Lipinski definition) is 1. The molecule has 0 bridgehead atoms. The summed E-state index contributed by atoms with van der Waals surface area (Å²) in [6, 6.07) is 0. The minimum Gasteiger partial charge on any atom is -0.324 e. The second kappa shape index (κ2) is 3.02. The van der Waals surface area contributed by atoms with Crippen molar-refractivity contribution < 1.29 is 14.4 Å². The van der Waals surface area contributed by atoms with Gasteiger partial charge in [-0.15, -0.1) is 6.58 Å². The zero-order chi connectivity index (χ0) is 6.62. The first kappa shape index (κ1) is 7.89. The van der Waals surface area contributed by atoms with Gasteiger partial charge in [-0.2, -0.15) is 0 Å². The summed E-state index contributed by atoms with van der Waals surface area (Å²) >= 11 is 0. The van der Waals surface area contributed by atoms with Crippen molar-refractivity contribution in [3.63, 3.8) is 0 Å². The van der Waals surface area contributed by atoms with E-state index in [9.17, 15) is 4.57 Å². The van der Waals surface area contributed by atoms with E-state index in [4.69, 9.17) is 9.79 Å². The van der Waals surface area contributed by atoms with E-state index < -0.39 is 7.60 Å².